The third-order valence-corrected chi connectivity index (χ3v) is 4.40. The van der Waals surface area contributed by atoms with E-state index in [4.69, 9.17) is 9.47 Å². The first-order chi connectivity index (χ1) is 10.6. The number of benzene rings is 2. The van der Waals surface area contributed by atoms with Gasteiger partial charge in [-0.3, -0.25) is 4.79 Å². The van der Waals surface area contributed by atoms with Gasteiger partial charge in [0.05, 0.1) is 4.70 Å². The molecule has 0 bridgehead atoms. The van der Waals surface area contributed by atoms with Crippen LogP contribution in [-0.2, 0) is 4.74 Å². The number of hydrogen-bond donors (Lipinski definition) is 0. The number of carbonyl (C=O) groups is 2. The minimum Gasteiger partial charge on any atom is -0.391 e. The molecule has 22 heavy (non-hydrogen) atoms. The fourth-order valence-electron chi connectivity index (χ4n) is 2.28. The van der Waals surface area contributed by atoms with Crippen molar-refractivity contribution in [2.24, 2.45) is 0 Å². The van der Waals surface area contributed by atoms with Gasteiger partial charge in [0.25, 0.3) is 0 Å². The molecule has 4 rings (SSSR count). The second-order valence-corrected chi connectivity index (χ2v) is 5.56. The lowest BCUT2D eigenvalue weighted by molar-refractivity contribution is 0.0999. The Kier molecular flexibility index (Phi) is 2.64. The van der Waals surface area contributed by atoms with Gasteiger partial charge >= 0.3 is 12.3 Å². The van der Waals surface area contributed by atoms with Crippen LogP contribution in [0.4, 0.5) is 9.59 Å². The SMILES string of the molecule is O=C1OC(=O)Oc2c(ccc3c(=O)c4ccccc4sc23)O1. The quantitative estimate of drug-likeness (QED) is 0.274. The summed E-state index contributed by atoms with van der Waals surface area (Å²) in [6.45, 7) is 0. The average Bonchev–Trinajstić information content (AvgIpc) is 2.64. The molecule has 0 spiro atoms. The van der Waals surface area contributed by atoms with Crippen molar-refractivity contribution in [1.82, 2.24) is 0 Å². The van der Waals surface area contributed by atoms with Crippen molar-refractivity contribution in [3.63, 3.8) is 0 Å². The molecule has 2 aromatic carbocycles. The van der Waals surface area contributed by atoms with Gasteiger partial charge in [-0.2, -0.15) is 0 Å². The van der Waals surface area contributed by atoms with Crippen molar-refractivity contribution in [2.75, 3.05) is 0 Å². The highest BCUT2D eigenvalue weighted by molar-refractivity contribution is 7.25. The van der Waals surface area contributed by atoms with Gasteiger partial charge in [0.2, 0.25) is 0 Å². The molecule has 7 heteroatoms. The summed E-state index contributed by atoms with van der Waals surface area (Å²) in [5.74, 6) is 0.0514. The topological polar surface area (TPSA) is 78.9 Å². The standard InChI is InChI=1S/C15H6O6S/c16-11-7-3-1-2-4-10(7)22-13-8(11)5-6-9-12(13)20-15(18)21-14(17)19-9/h1-6H. The molecule has 0 aliphatic carbocycles. The Morgan fingerprint density at radius 2 is 1.55 bits per heavy atom. The molecule has 2 heterocycles. The van der Waals surface area contributed by atoms with Gasteiger partial charge in [-0.05, 0) is 24.3 Å². The highest BCUT2D eigenvalue weighted by Crippen LogP contribution is 2.40. The third-order valence-electron chi connectivity index (χ3n) is 3.21. The summed E-state index contributed by atoms with van der Waals surface area (Å²) in [5.41, 5.74) is -0.181. The first kappa shape index (κ1) is 12.8. The van der Waals surface area contributed by atoms with Gasteiger partial charge in [-0.25, -0.2) is 9.59 Å². The molecule has 1 aromatic heterocycles. The largest absolute Gasteiger partial charge is 0.524 e. The first-order valence-electron chi connectivity index (χ1n) is 6.23. The van der Waals surface area contributed by atoms with E-state index in [9.17, 15) is 14.4 Å². The molecule has 0 N–H and O–H groups in total. The van der Waals surface area contributed by atoms with Crippen LogP contribution >= 0.6 is 11.3 Å². The van der Waals surface area contributed by atoms with Gasteiger partial charge in [0, 0.05) is 15.5 Å². The third kappa shape index (κ3) is 1.83. The van der Waals surface area contributed by atoms with E-state index in [1.54, 1.807) is 24.3 Å². The maximum atomic E-state index is 12.5. The molecular formula is C15H6O6S. The van der Waals surface area contributed by atoms with Gasteiger partial charge in [-0.15, -0.1) is 11.3 Å². The van der Waals surface area contributed by atoms with Crippen LogP contribution in [-0.4, -0.2) is 12.3 Å². The number of cyclic esters (lactones) is 2. The number of hydrogen-bond acceptors (Lipinski definition) is 7. The zero-order chi connectivity index (χ0) is 15.3. The van der Waals surface area contributed by atoms with E-state index in [0.717, 1.165) is 4.70 Å². The van der Waals surface area contributed by atoms with Gasteiger partial charge in [0.1, 0.15) is 0 Å². The smallest absolute Gasteiger partial charge is 0.391 e. The van der Waals surface area contributed by atoms with Crippen LogP contribution < -0.4 is 14.9 Å². The van der Waals surface area contributed by atoms with Crippen molar-refractivity contribution < 1.29 is 23.8 Å². The van der Waals surface area contributed by atoms with Crippen LogP contribution in [0.3, 0.4) is 0 Å². The Morgan fingerprint density at radius 3 is 2.41 bits per heavy atom. The monoisotopic (exact) mass is 314 g/mol. The molecule has 0 saturated carbocycles. The number of fused-ring (bicyclic) bond motifs is 4. The Balaban J connectivity index is 2.13. The van der Waals surface area contributed by atoms with Gasteiger partial charge in [0.15, 0.2) is 16.9 Å². The average molecular weight is 314 g/mol. The molecule has 1 aliphatic heterocycles. The number of rotatable bonds is 0. The molecule has 0 atom stereocenters. The summed E-state index contributed by atoms with van der Waals surface area (Å²) in [6, 6.07) is 10.0. The highest BCUT2D eigenvalue weighted by Gasteiger charge is 2.27. The summed E-state index contributed by atoms with van der Waals surface area (Å²) in [5, 5.41) is 0.960. The van der Waals surface area contributed by atoms with Crippen LogP contribution in [0, 0.1) is 0 Å². The van der Waals surface area contributed by atoms with E-state index >= 15 is 0 Å². The Morgan fingerprint density at radius 1 is 0.773 bits per heavy atom. The molecule has 1 aliphatic rings. The van der Waals surface area contributed by atoms with Crippen LogP contribution in [0.5, 0.6) is 11.5 Å². The van der Waals surface area contributed by atoms with Gasteiger partial charge in [-0.1, -0.05) is 12.1 Å². The summed E-state index contributed by atoms with van der Waals surface area (Å²) in [6.07, 6.45) is -2.36. The molecule has 6 nitrogen and oxygen atoms in total. The second kappa shape index (κ2) is 4.54. The normalized spacial score (nSPS) is 14.0. The van der Waals surface area contributed by atoms with E-state index in [0.29, 0.717) is 15.5 Å². The fourth-order valence-corrected chi connectivity index (χ4v) is 3.43. The molecule has 108 valence electrons. The maximum absolute atomic E-state index is 12.5. The van der Waals surface area contributed by atoms with E-state index in [-0.39, 0.29) is 16.9 Å². The van der Waals surface area contributed by atoms with Crippen molar-refractivity contribution >= 4 is 43.8 Å². The fraction of sp³-hybridized carbons (Fsp3) is 0. The molecule has 0 radical (unpaired) electrons. The van der Waals surface area contributed by atoms with Crippen LogP contribution in [0.2, 0.25) is 0 Å². The van der Waals surface area contributed by atoms with Gasteiger partial charge < -0.3 is 14.2 Å². The minimum absolute atomic E-state index is 0.0150. The maximum Gasteiger partial charge on any atom is 0.524 e. The lowest BCUT2D eigenvalue weighted by Crippen LogP contribution is -2.14. The van der Waals surface area contributed by atoms with Crippen LogP contribution in [0.15, 0.2) is 41.2 Å². The molecule has 0 unspecified atom stereocenters. The van der Waals surface area contributed by atoms with Crippen molar-refractivity contribution in [3.05, 3.63) is 46.6 Å². The second-order valence-electron chi connectivity index (χ2n) is 4.50. The van der Waals surface area contributed by atoms with Crippen LogP contribution in [0.1, 0.15) is 0 Å². The predicted molar refractivity (Wildman–Crippen MR) is 78.7 cm³/mol. The summed E-state index contributed by atoms with van der Waals surface area (Å²) in [4.78, 5) is 35.2. The minimum atomic E-state index is -1.19. The molecule has 0 fully saturated rings. The van der Waals surface area contributed by atoms with Crippen molar-refractivity contribution in [1.29, 1.82) is 0 Å². The zero-order valence-electron chi connectivity index (χ0n) is 10.8. The predicted octanol–water partition coefficient (Wildman–Crippen LogP) is 3.44. The molecule has 0 saturated heterocycles. The van der Waals surface area contributed by atoms with Crippen molar-refractivity contribution in [2.45, 2.75) is 0 Å². The zero-order valence-corrected chi connectivity index (χ0v) is 11.6. The highest BCUT2D eigenvalue weighted by atomic mass is 32.1. The van der Waals surface area contributed by atoms with E-state index < -0.39 is 12.3 Å². The first-order valence-corrected chi connectivity index (χ1v) is 7.05. The lowest BCUT2D eigenvalue weighted by atomic mass is 10.1. The Labute approximate surface area is 126 Å². The Hall–Kier alpha value is -2.93. The number of carbonyl (C=O) groups excluding carboxylic acids is 2. The van der Waals surface area contributed by atoms with E-state index in [1.807, 2.05) is 0 Å². The lowest BCUT2D eigenvalue weighted by Gasteiger charge is -2.07. The van der Waals surface area contributed by atoms with E-state index in [2.05, 4.69) is 4.74 Å². The molecule has 3 aromatic rings. The van der Waals surface area contributed by atoms with E-state index in [1.165, 1.54) is 23.5 Å². The summed E-state index contributed by atoms with van der Waals surface area (Å²) < 4.78 is 15.3. The number of ether oxygens (including phenoxy) is 3. The van der Waals surface area contributed by atoms with Crippen LogP contribution in [0.25, 0.3) is 20.2 Å². The van der Waals surface area contributed by atoms with Crippen molar-refractivity contribution in [3.8, 4) is 11.5 Å². The molecular weight excluding hydrogens is 308 g/mol. The summed E-state index contributed by atoms with van der Waals surface area (Å²) in [7, 11) is 0. The summed E-state index contributed by atoms with van der Waals surface area (Å²) >= 11 is 1.27. The molecule has 0 amide bonds. The Bertz CT molecular complexity index is 1020.